The molecule has 0 aliphatic carbocycles. The van der Waals surface area contributed by atoms with Gasteiger partial charge >= 0.3 is 0 Å². The molecular weight excluding hydrogens is 284 g/mol. The third-order valence-electron chi connectivity index (χ3n) is 3.36. The summed E-state index contributed by atoms with van der Waals surface area (Å²) in [6.07, 6.45) is 3.71. The predicted octanol–water partition coefficient (Wildman–Crippen LogP) is 4.03. The normalized spacial score (nSPS) is 12.1. The summed E-state index contributed by atoms with van der Waals surface area (Å²) in [6.45, 7) is 3.11. The fourth-order valence-electron chi connectivity index (χ4n) is 2.31. The molecule has 2 rings (SSSR count). The van der Waals surface area contributed by atoms with Crippen molar-refractivity contribution in [3.8, 4) is 5.88 Å². The molecule has 1 aromatic carbocycles. The number of nitrogens with one attached hydrogen (secondary N) is 1. The molecule has 1 aromatic heterocycles. The molecule has 0 amide bonds. The van der Waals surface area contributed by atoms with Gasteiger partial charge in [-0.1, -0.05) is 36.7 Å². The van der Waals surface area contributed by atoms with Gasteiger partial charge in [-0.15, -0.1) is 0 Å². The maximum Gasteiger partial charge on any atom is 0.217 e. The number of hydrogen-bond donors (Lipinski definition) is 1. The Hall–Kier alpha value is -1.58. The van der Waals surface area contributed by atoms with E-state index in [1.807, 2.05) is 18.2 Å². The summed E-state index contributed by atoms with van der Waals surface area (Å²) < 4.78 is 5.39. The van der Waals surface area contributed by atoms with Crippen molar-refractivity contribution < 1.29 is 4.74 Å². The van der Waals surface area contributed by atoms with Gasteiger partial charge in [0.2, 0.25) is 5.88 Å². The highest BCUT2D eigenvalue weighted by atomic mass is 35.5. The van der Waals surface area contributed by atoms with Crippen LogP contribution in [0.4, 0.5) is 0 Å². The minimum atomic E-state index is 0.176. The van der Waals surface area contributed by atoms with Crippen molar-refractivity contribution in [2.75, 3.05) is 13.7 Å². The molecule has 21 heavy (non-hydrogen) atoms. The SMILES string of the molecule is CCCNC(Cc1ccc(Cl)cc1)c1cccnc1OC. The number of aromatic nitrogens is 1. The van der Waals surface area contributed by atoms with E-state index in [4.69, 9.17) is 16.3 Å². The average molecular weight is 305 g/mol. The highest BCUT2D eigenvalue weighted by molar-refractivity contribution is 6.30. The summed E-state index contributed by atoms with van der Waals surface area (Å²) in [5.74, 6) is 0.681. The fraction of sp³-hybridized carbons (Fsp3) is 0.353. The van der Waals surface area contributed by atoms with Crippen molar-refractivity contribution >= 4 is 11.6 Å². The second kappa shape index (κ2) is 8.01. The third-order valence-corrected chi connectivity index (χ3v) is 3.62. The van der Waals surface area contributed by atoms with Crippen molar-refractivity contribution in [2.24, 2.45) is 0 Å². The lowest BCUT2D eigenvalue weighted by Gasteiger charge is -2.20. The summed E-state index contributed by atoms with van der Waals surface area (Å²) >= 11 is 5.95. The number of halogens is 1. The number of rotatable bonds is 7. The van der Waals surface area contributed by atoms with Gasteiger partial charge in [-0.05, 0) is 43.1 Å². The summed E-state index contributed by atoms with van der Waals surface area (Å²) in [6, 6.07) is 12.2. The van der Waals surface area contributed by atoms with Gasteiger partial charge in [0.1, 0.15) is 0 Å². The lowest BCUT2D eigenvalue weighted by atomic mass is 9.99. The van der Waals surface area contributed by atoms with Gasteiger partial charge in [-0.25, -0.2) is 4.98 Å². The molecule has 0 radical (unpaired) electrons. The van der Waals surface area contributed by atoms with Crippen LogP contribution in [0.15, 0.2) is 42.6 Å². The van der Waals surface area contributed by atoms with Crippen LogP contribution in [-0.2, 0) is 6.42 Å². The van der Waals surface area contributed by atoms with Gasteiger partial charge < -0.3 is 10.1 Å². The number of methoxy groups -OCH3 is 1. The Morgan fingerprint density at radius 3 is 2.67 bits per heavy atom. The van der Waals surface area contributed by atoms with Crippen LogP contribution in [0, 0.1) is 0 Å². The van der Waals surface area contributed by atoms with Crippen LogP contribution in [0.3, 0.4) is 0 Å². The van der Waals surface area contributed by atoms with Gasteiger partial charge in [-0.3, -0.25) is 0 Å². The summed E-state index contributed by atoms with van der Waals surface area (Å²) in [5.41, 5.74) is 2.32. The molecule has 0 saturated heterocycles. The fourth-order valence-corrected chi connectivity index (χ4v) is 2.43. The molecule has 0 spiro atoms. The van der Waals surface area contributed by atoms with Crippen LogP contribution >= 0.6 is 11.6 Å². The van der Waals surface area contributed by atoms with Gasteiger partial charge in [0.05, 0.1) is 7.11 Å². The van der Waals surface area contributed by atoms with Gasteiger partial charge in [-0.2, -0.15) is 0 Å². The molecular formula is C17H21ClN2O. The van der Waals surface area contributed by atoms with Crippen molar-refractivity contribution in [3.05, 3.63) is 58.7 Å². The number of pyridine rings is 1. The molecule has 3 nitrogen and oxygen atoms in total. The average Bonchev–Trinajstić information content (AvgIpc) is 2.53. The Bertz CT molecular complexity index is 557. The van der Waals surface area contributed by atoms with Crippen molar-refractivity contribution in [2.45, 2.75) is 25.8 Å². The van der Waals surface area contributed by atoms with Crippen molar-refractivity contribution in [1.29, 1.82) is 0 Å². The summed E-state index contributed by atoms with van der Waals surface area (Å²) in [5, 5.41) is 4.33. The van der Waals surface area contributed by atoms with E-state index in [1.165, 1.54) is 5.56 Å². The van der Waals surface area contributed by atoms with Crippen LogP contribution in [0.5, 0.6) is 5.88 Å². The Kier molecular flexibility index (Phi) is 6.03. The Morgan fingerprint density at radius 1 is 1.24 bits per heavy atom. The second-order valence-electron chi connectivity index (χ2n) is 4.94. The van der Waals surface area contributed by atoms with Crippen molar-refractivity contribution in [3.63, 3.8) is 0 Å². The van der Waals surface area contributed by atoms with E-state index in [0.717, 1.165) is 30.0 Å². The maximum atomic E-state index is 5.95. The molecule has 0 saturated carbocycles. The Balaban J connectivity index is 2.23. The number of ether oxygens (including phenoxy) is 1. The first-order valence-corrected chi connectivity index (χ1v) is 7.59. The molecule has 0 aliphatic rings. The van der Waals surface area contributed by atoms with E-state index in [2.05, 4.69) is 35.4 Å². The maximum absolute atomic E-state index is 5.95. The lowest BCUT2D eigenvalue weighted by molar-refractivity contribution is 0.381. The van der Waals surface area contributed by atoms with E-state index >= 15 is 0 Å². The lowest BCUT2D eigenvalue weighted by Crippen LogP contribution is -2.24. The summed E-state index contributed by atoms with van der Waals surface area (Å²) in [4.78, 5) is 4.30. The highest BCUT2D eigenvalue weighted by Crippen LogP contribution is 2.26. The van der Waals surface area contributed by atoms with E-state index in [-0.39, 0.29) is 6.04 Å². The van der Waals surface area contributed by atoms with E-state index in [0.29, 0.717) is 5.88 Å². The Labute approximate surface area is 131 Å². The van der Waals surface area contributed by atoms with E-state index in [1.54, 1.807) is 13.3 Å². The molecule has 0 aliphatic heterocycles. The molecule has 0 fully saturated rings. The molecule has 0 bridgehead atoms. The molecule has 4 heteroatoms. The van der Waals surface area contributed by atoms with E-state index < -0.39 is 0 Å². The van der Waals surface area contributed by atoms with E-state index in [9.17, 15) is 0 Å². The predicted molar refractivity (Wildman–Crippen MR) is 87.0 cm³/mol. The highest BCUT2D eigenvalue weighted by Gasteiger charge is 2.16. The Morgan fingerprint density at radius 2 is 2.00 bits per heavy atom. The third kappa shape index (κ3) is 4.45. The van der Waals surface area contributed by atoms with Crippen molar-refractivity contribution in [1.82, 2.24) is 10.3 Å². The zero-order chi connectivity index (χ0) is 15.1. The summed E-state index contributed by atoms with van der Waals surface area (Å²) in [7, 11) is 1.66. The quantitative estimate of drug-likeness (QED) is 0.838. The number of nitrogens with zero attached hydrogens (tertiary/aromatic N) is 1. The van der Waals surface area contributed by atoms with Crippen LogP contribution in [0.1, 0.15) is 30.5 Å². The standard InChI is InChI=1S/C17H21ClN2O/c1-3-10-19-16(12-13-6-8-14(18)9-7-13)15-5-4-11-20-17(15)21-2/h4-9,11,16,19H,3,10,12H2,1-2H3. The number of benzene rings is 1. The first-order chi connectivity index (χ1) is 10.2. The first-order valence-electron chi connectivity index (χ1n) is 7.21. The largest absolute Gasteiger partial charge is 0.481 e. The van der Waals surface area contributed by atoms with Gasteiger partial charge in [0, 0.05) is 22.8 Å². The van der Waals surface area contributed by atoms with Gasteiger partial charge in [0.25, 0.3) is 0 Å². The first kappa shape index (κ1) is 15.8. The minimum absolute atomic E-state index is 0.176. The molecule has 1 heterocycles. The topological polar surface area (TPSA) is 34.2 Å². The molecule has 1 unspecified atom stereocenters. The number of hydrogen-bond acceptors (Lipinski definition) is 3. The second-order valence-corrected chi connectivity index (χ2v) is 5.38. The van der Waals surface area contributed by atoms with Gasteiger partial charge in [0.15, 0.2) is 0 Å². The molecule has 1 N–H and O–H groups in total. The smallest absolute Gasteiger partial charge is 0.217 e. The monoisotopic (exact) mass is 304 g/mol. The molecule has 112 valence electrons. The molecule has 1 atom stereocenters. The van der Waals surface area contributed by atoms with Crippen LogP contribution in [0.2, 0.25) is 5.02 Å². The van der Waals surface area contributed by atoms with Crippen LogP contribution in [-0.4, -0.2) is 18.6 Å². The van der Waals surface area contributed by atoms with Crippen LogP contribution < -0.4 is 10.1 Å². The zero-order valence-electron chi connectivity index (χ0n) is 12.5. The minimum Gasteiger partial charge on any atom is -0.481 e. The zero-order valence-corrected chi connectivity index (χ0v) is 13.2. The molecule has 2 aromatic rings. The van der Waals surface area contributed by atoms with Crippen LogP contribution in [0.25, 0.3) is 0 Å².